The van der Waals surface area contributed by atoms with Gasteiger partial charge in [-0.2, -0.15) is 0 Å². The lowest BCUT2D eigenvalue weighted by Gasteiger charge is -2.14. The van der Waals surface area contributed by atoms with Crippen LogP contribution in [0.1, 0.15) is 33.4 Å². The zero-order valence-corrected chi connectivity index (χ0v) is 14.0. The first-order chi connectivity index (χ1) is 8.60. The molecule has 1 unspecified atom stereocenters. The molecule has 5 heteroatoms. The third-order valence-electron chi connectivity index (χ3n) is 2.84. The van der Waals surface area contributed by atoms with Gasteiger partial charge in [0.15, 0.2) is 0 Å². The van der Waals surface area contributed by atoms with E-state index in [-0.39, 0.29) is 0 Å². The van der Waals surface area contributed by atoms with Gasteiger partial charge in [0.05, 0.1) is 14.5 Å². The fourth-order valence-corrected chi connectivity index (χ4v) is 4.31. The van der Waals surface area contributed by atoms with Gasteiger partial charge in [-0.05, 0) is 48.5 Å². The molecule has 0 radical (unpaired) electrons. The molecule has 1 atom stereocenters. The summed E-state index contributed by atoms with van der Waals surface area (Å²) in [5.74, 6) is 0. The second-order valence-corrected chi connectivity index (χ2v) is 7.99. The van der Waals surface area contributed by atoms with Gasteiger partial charge in [-0.1, -0.05) is 6.92 Å². The third kappa shape index (κ3) is 3.41. The number of likely N-dealkylation sites (N-methyl/N-ethyl adjacent to an activating group) is 1. The van der Waals surface area contributed by atoms with Crippen molar-refractivity contribution in [3.63, 3.8) is 0 Å². The van der Waals surface area contributed by atoms with Crippen molar-refractivity contribution in [1.29, 1.82) is 0 Å². The number of aryl methyl sites for hydroxylation is 2. The number of hydrogen-bond donors (Lipinski definition) is 1. The van der Waals surface area contributed by atoms with E-state index < -0.39 is 0 Å². The number of rotatable bonds is 5. The summed E-state index contributed by atoms with van der Waals surface area (Å²) in [5.41, 5.74) is 1.16. The molecule has 0 aliphatic rings. The van der Waals surface area contributed by atoms with E-state index >= 15 is 0 Å². The lowest BCUT2D eigenvalue weighted by atomic mass is 10.2. The fraction of sp³-hybridized carbons (Fsp3) is 0.462. The molecule has 0 aliphatic carbocycles. The van der Waals surface area contributed by atoms with E-state index in [9.17, 15) is 0 Å². The third-order valence-corrected chi connectivity index (χ3v) is 5.67. The molecule has 2 nitrogen and oxygen atoms in total. The maximum atomic E-state index is 4.64. The fourth-order valence-electron chi connectivity index (χ4n) is 1.84. The Bertz CT molecular complexity index is 499. The van der Waals surface area contributed by atoms with Crippen molar-refractivity contribution in [3.8, 4) is 0 Å². The summed E-state index contributed by atoms with van der Waals surface area (Å²) in [7, 11) is 0. The number of hydrogen-bond acceptors (Lipinski definition) is 4. The standard InChI is InChI=1S/C13H17BrN2S2/c1-4-15-10(11-5-6-12(14)18-11)7-13-16-8(2)9(3)17-13/h5-6,10,15H,4,7H2,1-3H3. The average Bonchev–Trinajstić information content (AvgIpc) is 2.86. The van der Waals surface area contributed by atoms with Crippen LogP contribution in [0, 0.1) is 13.8 Å². The van der Waals surface area contributed by atoms with Crippen LogP contribution in [0.4, 0.5) is 0 Å². The van der Waals surface area contributed by atoms with Gasteiger partial charge in [-0.25, -0.2) is 4.98 Å². The smallest absolute Gasteiger partial charge is 0.0950 e. The minimum Gasteiger partial charge on any atom is -0.309 e. The van der Waals surface area contributed by atoms with Gasteiger partial charge >= 0.3 is 0 Å². The first kappa shape index (κ1) is 14.2. The predicted molar refractivity (Wildman–Crippen MR) is 83.7 cm³/mol. The predicted octanol–water partition coefficient (Wildman–Crippen LogP) is 4.48. The van der Waals surface area contributed by atoms with Crippen LogP contribution in [0.5, 0.6) is 0 Å². The van der Waals surface area contributed by atoms with Crippen LogP contribution < -0.4 is 5.32 Å². The number of nitrogens with one attached hydrogen (secondary N) is 1. The van der Waals surface area contributed by atoms with Gasteiger partial charge in [0.25, 0.3) is 0 Å². The van der Waals surface area contributed by atoms with Crippen molar-refractivity contribution < 1.29 is 0 Å². The molecule has 0 saturated heterocycles. The zero-order valence-electron chi connectivity index (χ0n) is 10.8. The molecule has 2 rings (SSSR count). The van der Waals surface area contributed by atoms with Crippen LogP contribution in [0.15, 0.2) is 15.9 Å². The van der Waals surface area contributed by atoms with Gasteiger partial charge in [0.1, 0.15) is 0 Å². The van der Waals surface area contributed by atoms with E-state index in [2.05, 4.69) is 59.1 Å². The van der Waals surface area contributed by atoms with Crippen LogP contribution in [0.25, 0.3) is 0 Å². The molecule has 1 N–H and O–H groups in total. The second kappa shape index (κ2) is 6.28. The van der Waals surface area contributed by atoms with E-state index in [4.69, 9.17) is 0 Å². The summed E-state index contributed by atoms with van der Waals surface area (Å²) >= 11 is 7.14. The highest BCUT2D eigenvalue weighted by atomic mass is 79.9. The number of nitrogens with zero attached hydrogens (tertiary/aromatic N) is 1. The van der Waals surface area contributed by atoms with Crippen molar-refractivity contribution >= 4 is 38.6 Å². The Kier molecular flexibility index (Phi) is 4.95. The average molecular weight is 345 g/mol. The molecule has 0 aromatic carbocycles. The molecule has 0 bridgehead atoms. The number of halogens is 1. The molecule has 0 spiro atoms. The lowest BCUT2D eigenvalue weighted by Crippen LogP contribution is -2.22. The highest BCUT2D eigenvalue weighted by Gasteiger charge is 2.16. The van der Waals surface area contributed by atoms with Crippen LogP contribution >= 0.6 is 38.6 Å². The van der Waals surface area contributed by atoms with E-state index in [0.717, 1.165) is 18.7 Å². The van der Waals surface area contributed by atoms with Gasteiger partial charge in [-0.15, -0.1) is 22.7 Å². The monoisotopic (exact) mass is 344 g/mol. The van der Waals surface area contributed by atoms with Gasteiger partial charge in [-0.3, -0.25) is 0 Å². The molecule has 0 fully saturated rings. The van der Waals surface area contributed by atoms with E-state index in [1.807, 2.05) is 11.3 Å². The quantitative estimate of drug-likeness (QED) is 0.864. The molecule has 2 heterocycles. The van der Waals surface area contributed by atoms with E-state index in [1.54, 1.807) is 11.3 Å². The first-order valence-corrected chi connectivity index (χ1v) is 8.44. The first-order valence-electron chi connectivity index (χ1n) is 6.01. The van der Waals surface area contributed by atoms with E-state index in [1.165, 1.54) is 18.5 Å². The topological polar surface area (TPSA) is 24.9 Å². The van der Waals surface area contributed by atoms with Crippen molar-refractivity contribution in [2.24, 2.45) is 0 Å². The summed E-state index contributed by atoms with van der Waals surface area (Å²) in [6.45, 7) is 7.34. The van der Waals surface area contributed by atoms with Gasteiger partial charge in [0.2, 0.25) is 0 Å². The largest absolute Gasteiger partial charge is 0.309 e. The summed E-state index contributed by atoms with van der Waals surface area (Å²) in [6.07, 6.45) is 0.972. The minimum absolute atomic E-state index is 0.372. The Labute approximate surface area is 125 Å². The highest BCUT2D eigenvalue weighted by molar-refractivity contribution is 9.11. The molecular weight excluding hydrogens is 328 g/mol. The molecule has 2 aromatic heterocycles. The van der Waals surface area contributed by atoms with Crippen LogP contribution in [-0.4, -0.2) is 11.5 Å². The minimum atomic E-state index is 0.372. The number of thiophene rings is 1. The van der Waals surface area contributed by atoms with Crippen LogP contribution in [-0.2, 0) is 6.42 Å². The molecular formula is C13H17BrN2S2. The van der Waals surface area contributed by atoms with Crippen molar-refractivity contribution in [2.45, 2.75) is 33.2 Å². The van der Waals surface area contributed by atoms with Crippen molar-refractivity contribution in [1.82, 2.24) is 10.3 Å². The normalized spacial score (nSPS) is 12.9. The Hall–Kier alpha value is -0.230. The Morgan fingerprint density at radius 2 is 2.11 bits per heavy atom. The van der Waals surface area contributed by atoms with Crippen LogP contribution in [0.3, 0.4) is 0 Å². The Balaban J connectivity index is 2.15. The molecule has 18 heavy (non-hydrogen) atoms. The summed E-state index contributed by atoms with van der Waals surface area (Å²) in [5, 5.41) is 4.77. The molecule has 0 amide bonds. The Morgan fingerprint density at radius 3 is 2.61 bits per heavy atom. The maximum absolute atomic E-state index is 4.64. The zero-order chi connectivity index (χ0) is 13.1. The van der Waals surface area contributed by atoms with Gasteiger partial charge < -0.3 is 5.32 Å². The number of thiazole rings is 1. The summed E-state index contributed by atoms with van der Waals surface area (Å²) in [4.78, 5) is 7.33. The van der Waals surface area contributed by atoms with Gasteiger partial charge in [0, 0.05) is 22.2 Å². The molecule has 0 saturated carbocycles. The van der Waals surface area contributed by atoms with E-state index in [0.29, 0.717) is 6.04 Å². The molecule has 2 aromatic rings. The lowest BCUT2D eigenvalue weighted by molar-refractivity contribution is 0.556. The summed E-state index contributed by atoms with van der Waals surface area (Å²) in [6, 6.07) is 4.68. The summed E-state index contributed by atoms with van der Waals surface area (Å²) < 4.78 is 1.19. The molecule has 98 valence electrons. The van der Waals surface area contributed by atoms with Crippen molar-refractivity contribution in [3.05, 3.63) is 36.4 Å². The number of aromatic nitrogens is 1. The second-order valence-electron chi connectivity index (χ2n) is 4.21. The SMILES string of the molecule is CCNC(Cc1nc(C)c(C)s1)c1ccc(Br)s1. The van der Waals surface area contributed by atoms with Crippen molar-refractivity contribution in [2.75, 3.05) is 6.54 Å². The highest BCUT2D eigenvalue weighted by Crippen LogP contribution is 2.30. The Morgan fingerprint density at radius 1 is 1.33 bits per heavy atom. The van der Waals surface area contributed by atoms with Crippen LogP contribution in [0.2, 0.25) is 0 Å². The molecule has 0 aliphatic heterocycles. The maximum Gasteiger partial charge on any atom is 0.0950 e.